The van der Waals surface area contributed by atoms with Crippen LogP contribution >= 0.6 is 0 Å². The summed E-state index contributed by atoms with van der Waals surface area (Å²) in [6, 6.07) is 10.1. The second-order valence-corrected chi connectivity index (χ2v) is 11.2. The number of anilines is 2. The topological polar surface area (TPSA) is 132 Å². The molecule has 3 aromatic rings. The summed E-state index contributed by atoms with van der Waals surface area (Å²) in [5.74, 6) is -0.0389. The monoisotopic (exact) mass is 512 g/mol. The Balaban J connectivity index is 1.70. The Kier molecular flexibility index (Phi) is 7.21. The van der Waals surface area contributed by atoms with E-state index in [1.54, 1.807) is 29.1 Å². The number of amides is 1. The van der Waals surface area contributed by atoms with Gasteiger partial charge in [-0.1, -0.05) is 13.8 Å². The summed E-state index contributed by atoms with van der Waals surface area (Å²) in [4.78, 5) is 19.0. The maximum atomic E-state index is 13.3. The maximum absolute atomic E-state index is 13.3. The predicted octanol–water partition coefficient (Wildman–Crippen LogP) is 3.38. The molecule has 0 spiro atoms. The Morgan fingerprint density at radius 3 is 2.58 bits per heavy atom. The van der Waals surface area contributed by atoms with E-state index in [-0.39, 0.29) is 28.4 Å². The molecule has 1 aliphatic rings. The first-order valence-electron chi connectivity index (χ1n) is 12.0. The van der Waals surface area contributed by atoms with E-state index in [2.05, 4.69) is 47.4 Å². The largest absolute Gasteiger partial charge is 0.476 e. The number of sulfonamides is 1. The molecule has 0 radical (unpaired) electrons. The van der Waals surface area contributed by atoms with Crippen LogP contribution in [0.2, 0.25) is 0 Å². The summed E-state index contributed by atoms with van der Waals surface area (Å²) in [5, 5.41) is 4.50. The number of carbonyl (C=O) groups excluding carboxylic acids is 1. The number of carbonyl (C=O) groups is 1. The minimum atomic E-state index is -4.22. The van der Waals surface area contributed by atoms with E-state index in [9.17, 15) is 13.2 Å². The molecule has 3 N–H and O–H groups in total. The number of rotatable bonds is 8. The second-order valence-electron chi connectivity index (χ2n) is 9.51. The zero-order valence-corrected chi connectivity index (χ0v) is 21.7. The molecule has 1 fully saturated rings. The van der Waals surface area contributed by atoms with E-state index in [4.69, 9.17) is 10.5 Å². The standard InChI is InChI=1S/C25H32N6O4S/c1-16(2)15-35-23-11-13-30(28-23)19-9-10-20(21(14-19)31-17(3)7-8-18(31)4)25(32)29-36(33,34)22-6-5-12-27-24(22)26/h5-6,9-14,16-18H,7-8,15H2,1-4H3,(H2,26,27)(H,29,32)/t17-,18+. The van der Waals surface area contributed by atoms with Gasteiger partial charge in [0.05, 0.1) is 23.5 Å². The molecule has 2 atom stereocenters. The molecule has 1 amide bonds. The number of hydrogen-bond acceptors (Lipinski definition) is 8. The van der Waals surface area contributed by atoms with Crippen LogP contribution in [0.3, 0.4) is 0 Å². The average molecular weight is 513 g/mol. The first kappa shape index (κ1) is 25.5. The fourth-order valence-electron chi connectivity index (χ4n) is 4.38. The summed E-state index contributed by atoms with van der Waals surface area (Å²) < 4.78 is 35.4. The summed E-state index contributed by atoms with van der Waals surface area (Å²) in [6.45, 7) is 8.87. The molecule has 0 saturated carbocycles. The second kappa shape index (κ2) is 10.2. The van der Waals surface area contributed by atoms with Crippen molar-refractivity contribution in [1.29, 1.82) is 0 Å². The Labute approximate surface area is 211 Å². The third-order valence-corrected chi connectivity index (χ3v) is 7.54. The van der Waals surface area contributed by atoms with Crippen LogP contribution in [0.5, 0.6) is 5.88 Å². The molecule has 11 heteroatoms. The van der Waals surface area contributed by atoms with Crippen LogP contribution in [-0.4, -0.2) is 47.8 Å². The van der Waals surface area contributed by atoms with Gasteiger partial charge in [-0.2, -0.15) is 0 Å². The minimum Gasteiger partial charge on any atom is -0.476 e. The van der Waals surface area contributed by atoms with Gasteiger partial charge in [-0.05, 0) is 62.9 Å². The number of benzene rings is 1. The highest BCUT2D eigenvalue weighted by Gasteiger charge is 2.32. The van der Waals surface area contributed by atoms with Crippen LogP contribution in [0, 0.1) is 5.92 Å². The summed E-state index contributed by atoms with van der Waals surface area (Å²) in [6.07, 6.45) is 5.11. The van der Waals surface area contributed by atoms with Crippen molar-refractivity contribution in [3.8, 4) is 11.6 Å². The minimum absolute atomic E-state index is 0.176. The number of nitrogens with two attached hydrogens (primary N) is 1. The van der Waals surface area contributed by atoms with Gasteiger partial charge in [0.2, 0.25) is 5.88 Å². The van der Waals surface area contributed by atoms with Crippen LogP contribution in [0.25, 0.3) is 5.69 Å². The van der Waals surface area contributed by atoms with Gasteiger partial charge in [0.1, 0.15) is 10.7 Å². The Hall–Kier alpha value is -3.60. The first-order chi connectivity index (χ1) is 17.1. The van der Waals surface area contributed by atoms with Crippen LogP contribution in [0.4, 0.5) is 11.5 Å². The molecule has 1 aliphatic heterocycles. The van der Waals surface area contributed by atoms with Crippen molar-refractivity contribution in [2.75, 3.05) is 17.2 Å². The summed E-state index contributed by atoms with van der Waals surface area (Å²) >= 11 is 0. The molecule has 3 heterocycles. The molecule has 1 saturated heterocycles. The van der Waals surface area contributed by atoms with Crippen LogP contribution in [0.1, 0.15) is 50.9 Å². The van der Waals surface area contributed by atoms with Crippen LogP contribution in [0.15, 0.2) is 53.7 Å². The van der Waals surface area contributed by atoms with Gasteiger partial charge < -0.3 is 15.4 Å². The van der Waals surface area contributed by atoms with Gasteiger partial charge in [-0.25, -0.2) is 22.8 Å². The van der Waals surface area contributed by atoms with E-state index in [0.29, 0.717) is 24.1 Å². The molecular formula is C25H32N6O4S. The molecule has 36 heavy (non-hydrogen) atoms. The predicted molar refractivity (Wildman–Crippen MR) is 138 cm³/mol. The number of hydrogen-bond donors (Lipinski definition) is 2. The quantitative estimate of drug-likeness (QED) is 0.469. The lowest BCUT2D eigenvalue weighted by Crippen LogP contribution is -2.37. The van der Waals surface area contributed by atoms with Crippen molar-refractivity contribution < 1.29 is 17.9 Å². The Bertz CT molecular complexity index is 1340. The van der Waals surface area contributed by atoms with E-state index < -0.39 is 15.9 Å². The molecule has 4 rings (SSSR count). The number of nitrogens with zero attached hydrogens (tertiary/aromatic N) is 4. The summed E-state index contributed by atoms with van der Waals surface area (Å²) in [5.41, 5.74) is 7.35. The van der Waals surface area contributed by atoms with Crippen molar-refractivity contribution >= 4 is 27.4 Å². The van der Waals surface area contributed by atoms with E-state index in [1.165, 1.54) is 18.3 Å². The maximum Gasteiger partial charge on any atom is 0.267 e. The first-order valence-corrected chi connectivity index (χ1v) is 13.4. The molecule has 0 bridgehead atoms. The van der Waals surface area contributed by atoms with Crippen LogP contribution < -0.4 is 20.1 Å². The van der Waals surface area contributed by atoms with E-state index in [0.717, 1.165) is 18.5 Å². The highest BCUT2D eigenvalue weighted by molar-refractivity contribution is 7.90. The highest BCUT2D eigenvalue weighted by atomic mass is 32.2. The SMILES string of the molecule is CC(C)COc1ccn(-c2ccc(C(=O)NS(=O)(=O)c3cccnc3N)c(N3[C@H](C)CC[C@@H]3C)c2)n1. The molecule has 0 aliphatic carbocycles. The highest BCUT2D eigenvalue weighted by Crippen LogP contribution is 2.34. The average Bonchev–Trinajstić information content (AvgIpc) is 3.43. The van der Waals surface area contributed by atoms with E-state index in [1.807, 2.05) is 6.07 Å². The Morgan fingerprint density at radius 1 is 1.19 bits per heavy atom. The van der Waals surface area contributed by atoms with Crippen molar-refractivity contribution in [2.45, 2.75) is 57.5 Å². The lowest BCUT2D eigenvalue weighted by Gasteiger charge is -2.31. The number of aromatic nitrogens is 3. The normalized spacial score (nSPS) is 18.0. The van der Waals surface area contributed by atoms with Crippen molar-refractivity contribution in [3.63, 3.8) is 0 Å². The molecule has 0 unspecified atom stereocenters. The third kappa shape index (κ3) is 5.30. The van der Waals surface area contributed by atoms with Gasteiger partial charge in [0.25, 0.3) is 15.9 Å². The third-order valence-electron chi connectivity index (χ3n) is 6.17. The molecule has 1 aromatic carbocycles. The molecule has 10 nitrogen and oxygen atoms in total. The van der Waals surface area contributed by atoms with Gasteiger partial charge in [-0.3, -0.25) is 4.79 Å². The smallest absolute Gasteiger partial charge is 0.267 e. The van der Waals surface area contributed by atoms with Gasteiger partial charge >= 0.3 is 0 Å². The van der Waals surface area contributed by atoms with Gasteiger partial charge in [-0.15, -0.1) is 5.10 Å². The summed E-state index contributed by atoms with van der Waals surface area (Å²) in [7, 11) is -4.22. The number of nitrogen functional groups attached to an aromatic ring is 1. The number of pyridine rings is 1. The van der Waals surface area contributed by atoms with Crippen molar-refractivity contribution in [3.05, 3.63) is 54.4 Å². The zero-order valence-electron chi connectivity index (χ0n) is 20.9. The van der Waals surface area contributed by atoms with Crippen molar-refractivity contribution in [2.24, 2.45) is 5.92 Å². The van der Waals surface area contributed by atoms with E-state index >= 15 is 0 Å². The van der Waals surface area contributed by atoms with Gasteiger partial charge in [0, 0.05) is 30.5 Å². The van der Waals surface area contributed by atoms with Crippen LogP contribution in [-0.2, 0) is 10.0 Å². The lowest BCUT2D eigenvalue weighted by atomic mass is 10.1. The zero-order chi connectivity index (χ0) is 26.0. The number of nitrogens with one attached hydrogen (secondary N) is 1. The fraction of sp³-hybridized carbons (Fsp3) is 0.400. The fourth-order valence-corrected chi connectivity index (χ4v) is 5.43. The van der Waals surface area contributed by atoms with Crippen molar-refractivity contribution in [1.82, 2.24) is 19.5 Å². The molecular weight excluding hydrogens is 480 g/mol. The Morgan fingerprint density at radius 2 is 1.92 bits per heavy atom. The van der Waals surface area contributed by atoms with Gasteiger partial charge in [0.15, 0.2) is 0 Å². The molecule has 192 valence electrons. The number of ether oxygens (including phenoxy) is 1. The lowest BCUT2D eigenvalue weighted by molar-refractivity contribution is 0.0982. The molecule has 2 aromatic heterocycles.